The molecule has 1 heterocycles. The molecule has 0 amide bonds. The maximum absolute atomic E-state index is 12.6. The molecule has 0 saturated heterocycles. The summed E-state index contributed by atoms with van der Waals surface area (Å²) in [4.78, 5) is 29.8. The van der Waals surface area contributed by atoms with Crippen LogP contribution >= 0.6 is 0 Å². The number of fused-ring (bicyclic) bond motifs is 1. The summed E-state index contributed by atoms with van der Waals surface area (Å²) in [5.41, 5.74) is 4.50. The molecule has 1 atom stereocenters. The summed E-state index contributed by atoms with van der Waals surface area (Å²) in [5.74, 6) is 3.32. The van der Waals surface area contributed by atoms with Crippen LogP contribution in [0, 0.1) is 0 Å². The molecule has 0 aromatic heterocycles. The van der Waals surface area contributed by atoms with Gasteiger partial charge < -0.3 is 42.6 Å². The number of carbonyl (C=O) groups excluding carboxylic acids is 2. The van der Waals surface area contributed by atoms with Crippen molar-refractivity contribution in [3.8, 4) is 40.2 Å². The van der Waals surface area contributed by atoms with Crippen LogP contribution in [0.1, 0.15) is 67.3 Å². The Bertz CT molecular complexity index is 1770. The average molecular weight is 807 g/mol. The highest BCUT2D eigenvalue weighted by Crippen LogP contribution is 2.41. The Morgan fingerprint density at radius 2 is 1.22 bits per heavy atom. The lowest BCUT2D eigenvalue weighted by Crippen LogP contribution is -2.37. The molecule has 0 radical (unpaired) electrons. The summed E-state index contributed by atoms with van der Waals surface area (Å²) in [6.07, 6.45) is 8.36. The predicted octanol–water partition coefficient (Wildman–Crippen LogP) is 7.00. The van der Waals surface area contributed by atoms with Crippen molar-refractivity contribution in [3.05, 3.63) is 76.9 Å². The van der Waals surface area contributed by atoms with Gasteiger partial charge in [-0.15, -0.1) is 0 Å². The van der Waals surface area contributed by atoms with Crippen LogP contribution in [0.25, 0.3) is 0 Å². The lowest BCUT2D eigenvalue weighted by molar-refractivity contribution is -0.140. The van der Waals surface area contributed by atoms with Gasteiger partial charge in [0, 0.05) is 44.4 Å². The highest BCUT2D eigenvalue weighted by atomic mass is 16.5. The van der Waals surface area contributed by atoms with Crippen molar-refractivity contribution in [2.45, 2.75) is 64.5 Å². The first-order chi connectivity index (χ1) is 28.2. The second-order valence-electron chi connectivity index (χ2n) is 14.0. The van der Waals surface area contributed by atoms with Crippen LogP contribution < -0.4 is 33.2 Å². The van der Waals surface area contributed by atoms with E-state index >= 15 is 0 Å². The number of esters is 2. The van der Waals surface area contributed by atoms with E-state index in [9.17, 15) is 9.59 Å². The first kappa shape index (κ1) is 45.6. The van der Waals surface area contributed by atoms with E-state index in [1.165, 1.54) is 11.1 Å². The number of nitrogens with zero attached hydrogens (tertiary/aromatic N) is 2. The van der Waals surface area contributed by atoms with E-state index in [-0.39, 0.29) is 19.3 Å². The molecule has 3 aromatic carbocycles. The molecular formula is C45H62N2O11. The molecule has 13 nitrogen and oxygen atoms in total. The number of carbonyl (C=O) groups is 2. The lowest BCUT2D eigenvalue weighted by atomic mass is 9.88. The maximum atomic E-state index is 12.6. The molecular weight excluding hydrogens is 744 g/mol. The molecule has 0 aliphatic carbocycles. The third kappa shape index (κ3) is 12.9. The molecule has 0 fully saturated rings. The number of benzene rings is 3. The quantitative estimate of drug-likeness (QED) is 0.0497. The van der Waals surface area contributed by atoms with Crippen LogP contribution in [0.15, 0.2) is 54.6 Å². The summed E-state index contributed by atoms with van der Waals surface area (Å²) in [5, 5.41) is 0. The Balaban J connectivity index is 1.27. The first-order valence-corrected chi connectivity index (χ1v) is 19.9. The van der Waals surface area contributed by atoms with Crippen molar-refractivity contribution in [1.29, 1.82) is 0 Å². The van der Waals surface area contributed by atoms with Crippen LogP contribution in [0.4, 0.5) is 0 Å². The van der Waals surface area contributed by atoms with E-state index in [1.54, 1.807) is 49.8 Å². The standard InChI is InChI=1S/C45H62N2O11/c1-9-10-11-19-46(31-33-27-41(54-6)45(56-8)42(28-33)55-7)20-12-23-57-43(48)16-17-44(49)58-24-13-21-47-22-18-34-29-39(52-4)40(53-5)30-35(34)36(47)25-32-14-15-37(50-2)38(26-32)51-3/h14-17,26-30,36H,9-13,18-25,31H2,1-8H3/b17-16-/t36-/m1/s1. The first-order valence-electron chi connectivity index (χ1n) is 19.9. The molecule has 1 aliphatic heterocycles. The zero-order valence-corrected chi connectivity index (χ0v) is 35.6. The van der Waals surface area contributed by atoms with E-state index < -0.39 is 11.9 Å². The summed E-state index contributed by atoms with van der Waals surface area (Å²) in [6.45, 7) is 6.41. The molecule has 1 aliphatic rings. The SMILES string of the molecule is CCCCCN(CCCOC(=O)/C=C\C(=O)OCCCN1CCc2cc(OC)c(OC)cc2[C@H]1Cc1ccc(OC)c(OC)c1)Cc1cc(OC)c(OC)c(OC)c1. The summed E-state index contributed by atoms with van der Waals surface area (Å²) < 4.78 is 49.8. The van der Waals surface area contributed by atoms with E-state index in [2.05, 4.69) is 34.9 Å². The predicted molar refractivity (Wildman–Crippen MR) is 222 cm³/mol. The molecule has 0 bridgehead atoms. The minimum atomic E-state index is -0.591. The molecule has 3 aromatic rings. The maximum Gasteiger partial charge on any atom is 0.331 e. The van der Waals surface area contributed by atoms with Gasteiger partial charge in [-0.05, 0) is 97.3 Å². The third-order valence-corrected chi connectivity index (χ3v) is 10.3. The second kappa shape index (κ2) is 23.9. The molecule has 13 heteroatoms. The van der Waals surface area contributed by atoms with Gasteiger partial charge >= 0.3 is 11.9 Å². The normalized spacial score (nSPS) is 13.8. The fraction of sp³-hybridized carbons (Fsp3) is 0.511. The van der Waals surface area contributed by atoms with Gasteiger partial charge in [0.1, 0.15) is 0 Å². The molecule has 0 unspecified atom stereocenters. The van der Waals surface area contributed by atoms with Crippen molar-refractivity contribution < 1.29 is 52.2 Å². The number of hydrogen-bond acceptors (Lipinski definition) is 13. The van der Waals surface area contributed by atoms with Crippen LogP contribution in [0.5, 0.6) is 40.2 Å². The van der Waals surface area contributed by atoms with Crippen molar-refractivity contribution in [2.75, 3.05) is 89.2 Å². The summed E-state index contributed by atoms with van der Waals surface area (Å²) in [6, 6.07) is 14.1. The number of rotatable bonds is 25. The summed E-state index contributed by atoms with van der Waals surface area (Å²) in [7, 11) is 11.3. The van der Waals surface area contributed by atoms with Gasteiger partial charge in [-0.2, -0.15) is 0 Å². The van der Waals surface area contributed by atoms with Gasteiger partial charge in [0.05, 0.1) is 63.0 Å². The van der Waals surface area contributed by atoms with Crippen LogP contribution in [-0.4, -0.2) is 111 Å². The number of hydrogen-bond donors (Lipinski definition) is 0. The van der Waals surface area contributed by atoms with E-state index in [0.717, 1.165) is 75.0 Å². The van der Waals surface area contributed by atoms with Crippen LogP contribution in [0.2, 0.25) is 0 Å². The van der Waals surface area contributed by atoms with Gasteiger partial charge in [-0.3, -0.25) is 9.80 Å². The van der Waals surface area contributed by atoms with E-state index in [0.29, 0.717) is 66.2 Å². The number of unbranched alkanes of at least 4 members (excludes halogenated alkanes) is 2. The lowest BCUT2D eigenvalue weighted by Gasteiger charge is -2.38. The summed E-state index contributed by atoms with van der Waals surface area (Å²) >= 11 is 0. The minimum Gasteiger partial charge on any atom is -0.493 e. The van der Waals surface area contributed by atoms with Crippen molar-refractivity contribution in [1.82, 2.24) is 9.80 Å². The largest absolute Gasteiger partial charge is 0.493 e. The van der Waals surface area contributed by atoms with Gasteiger partial charge in [0.15, 0.2) is 34.5 Å². The zero-order valence-electron chi connectivity index (χ0n) is 35.6. The van der Waals surface area contributed by atoms with Gasteiger partial charge in [-0.1, -0.05) is 25.8 Å². The minimum absolute atomic E-state index is 0.0323. The van der Waals surface area contributed by atoms with E-state index in [1.807, 2.05) is 24.3 Å². The second-order valence-corrected chi connectivity index (χ2v) is 14.0. The van der Waals surface area contributed by atoms with Crippen molar-refractivity contribution >= 4 is 11.9 Å². The van der Waals surface area contributed by atoms with Gasteiger partial charge in [0.2, 0.25) is 5.75 Å². The van der Waals surface area contributed by atoms with Gasteiger partial charge in [0.25, 0.3) is 0 Å². The highest BCUT2D eigenvalue weighted by molar-refractivity contribution is 5.91. The smallest absolute Gasteiger partial charge is 0.331 e. The number of ether oxygens (including phenoxy) is 9. The van der Waals surface area contributed by atoms with Crippen molar-refractivity contribution in [3.63, 3.8) is 0 Å². The molecule has 58 heavy (non-hydrogen) atoms. The molecule has 318 valence electrons. The van der Waals surface area contributed by atoms with Crippen LogP contribution in [0.3, 0.4) is 0 Å². The Hall–Kier alpha value is -5.14. The highest BCUT2D eigenvalue weighted by Gasteiger charge is 2.29. The fourth-order valence-electron chi connectivity index (χ4n) is 7.29. The molecule has 4 rings (SSSR count). The fourth-order valence-corrected chi connectivity index (χ4v) is 7.29. The molecule has 0 N–H and O–H groups in total. The molecule has 0 saturated carbocycles. The Morgan fingerprint density at radius 3 is 1.83 bits per heavy atom. The Kier molecular flexibility index (Phi) is 18.8. The van der Waals surface area contributed by atoms with E-state index in [4.69, 9.17) is 42.6 Å². The zero-order chi connectivity index (χ0) is 41.9. The topological polar surface area (TPSA) is 124 Å². The number of methoxy groups -OCH3 is 7. The van der Waals surface area contributed by atoms with Crippen LogP contribution in [-0.2, 0) is 38.4 Å². The molecule has 0 spiro atoms. The Labute approximate surface area is 344 Å². The van der Waals surface area contributed by atoms with Crippen molar-refractivity contribution in [2.24, 2.45) is 0 Å². The Morgan fingerprint density at radius 1 is 0.655 bits per heavy atom. The average Bonchev–Trinajstić information content (AvgIpc) is 3.25. The third-order valence-electron chi connectivity index (χ3n) is 10.3. The monoisotopic (exact) mass is 806 g/mol. The van der Waals surface area contributed by atoms with Gasteiger partial charge in [-0.25, -0.2) is 9.59 Å².